The Morgan fingerprint density at radius 1 is 1.20 bits per heavy atom. The lowest BCUT2D eigenvalue weighted by atomic mass is 27.9. The molecule has 0 unspecified atom stereocenters. The second kappa shape index (κ2) is 2.87. The molecule has 0 radical (unpaired) electrons. The largest absolute Gasteiger partial charge is 0.346 e. The summed E-state index contributed by atoms with van der Waals surface area (Å²) in [6.07, 6.45) is 0. The monoisotopic (exact) mass is 444 g/mol. The molecule has 32 valence electrons. The van der Waals surface area contributed by atoms with Gasteiger partial charge in [-0.3, -0.25) is 0 Å². The first kappa shape index (κ1) is 7.70. The van der Waals surface area contributed by atoms with E-state index in [4.69, 9.17) is 11.1 Å². The van der Waals surface area contributed by atoms with Crippen molar-refractivity contribution in [2.24, 2.45) is 0 Å². The van der Waals surface area contributed by atoms with Gasteiger partial charge in [-0.15, -0.1) is 11.1 Å². The molecule has 0 nitrogen and oxygen atoms in total. The Morgan fingerprint density at radius 2 is 1.20 bits per heavy atom. The fourth-order valence-corrected chi connectivity index (χ4v) is 0. The summed E-state index contributed by atoms with van der Waals surface area (Å²) in [4.78, 5) is 0. The third kappa shape index (κ3) is 20.3. The van der Waals surface area contributed by atoms with Gasteiger partial charge in [0.1, 0.15) is 0 Å². The van der Waals surface area contributed by atoms with Crippen molar-refractivity contribution in [3.05, 3.63) is 0 Å². The van der Waals surface area contributed by atoms with Crippen LogP contribution in [-0.2, 0) is 0 Å². The van der Waals surface area contributed by atoms with E-state index < -0.39 is -0.126 Å². The van der Waals surface area contributed by atoms with Crippen LogP contribution in [0.1, 0.15) is 0 Å². The highest BCUT2D eigenvalue weighted by Gasteiger charge is 2.14. The van der Waals surface area contributed by atoms with Gasteiger partial charge in [0, 0.05) is 0 Å². The first-order chi connectivity index (χ1) is 2.00. The molecule has 0 aliphatic carbocycles. The third-order valence-corrected chi connectivity index (χ3v) is 0. The van der Waals surface area contributed by atoms with E-state index in [1.807, 2.05) is 0 Å². The third-order valence-electron chi connectivity index (χ3n) is 0. The highest BCUT2D eigenvalue weighted by molar-refractivity contribution is 14.4. The van der Waals surface area contributed by atoms with Gasteiger partial charge in [-0.2, -0.15) is 0 Å². The number of halogens is 4. The van der Waals surface area contributed by atoms with Crippen LogP contribution in [0.4, 0.5) is 0 Å². The molecule has 0 amide bonds. The topological polar surface area (TPSA) is 0 Å². The molecule has 0 bridgehead atoms. The first-order valence-electron chi connectivity index (χ1n) is 0.756. The molecule has 0 rings (SSSR count). The van der Waals surface area contributed by atoms with Crippen LogP contribution < -0.4 is 0 Å². The molecular formula is ClI3Si. The minimum Gasteiger partial charge on any atom is -0.126 e. The Balaban J connectivity index is 3.02. The Morgan fingerprint density at radius 3 is 1.20 bits per heavy atom. The first-order valence-corrected chi connectivity index (χ1v) is 13.1. The van der Waals surface area contributed by atoms with Crippen LogP contribution in [-0.4, -0.2) is -0.126 Å². The molecule has 5 heteroatoms. The second-order valence-electron chi connectivity index (χ2n) is 0.429. The Hall–Kier alpha value is 2.70. The van der Waals surface area contributed by atoms with E-state index in [0.29, 0.717) is 0 Å². The van der Waals surface area contributed by atoms with E-state index >= 15 is 0 Å². The number of hydrogen-bond acceptors (Lipinski definition) is 0. The maximum atomic E-state index is 5.63. The van der Waals surface area contributed by atoms with Crippen LogP contribution in [0.5, 0.6) is 0 Å². The summed E-state index contributed by atoms with van der Waals surface area (Å²) in [6, 6.07) is 0. The van der Waals surface area contributed by atoms with Crippen molar-refractivity contribution in [1.29, 1.82) is 0 Å². The molecule has 0 aromatic rings. The van der Waals surface area contributed by atoms with Gasteiger partial charge in [0.25, 0.3) is 0 Å². The molecule has 0 aliphatic heterocycles. The molecule has 0 N–H and O–H groups in total. The summed E-state index contributed by atoms with van der Waals surface area (Å²) in [5.41, 5.74) is 0. The summed E-state index contributed by atoms with van der Waals surface area (Å²) < 4.78 is -1.23. The van der Waals surface area contributed by atoms with Gasteiger partial charge in [-0.1, -0.05) is 65.4 Å². The van der Waals surface area contributed by atoms with Crippen molar-refractivity contribution >= 4 is 76.3 Å². The molecule has 0 aromatic heterocycles. The highest BCUT2D eigenvalue weighted by Crippen LogP contribution is 2.32. The van der Waals surface area contributed by atoms with E-state index in [2.05, 4.69) is 65.4 Å². The minimum absolute atomic E-state index is 1.23. The van der Waals surface area contributed by atoms with Crippen molar-refractivity contribution < 1.29 is 0 Å². The van der Waals surface area contributed by atoms with Crippen molar-refractivity contribution in [1.82, 2.24) is 0 Å². The normalized spacial score (nSPS) is 12.0. The predicted octanol–water partition coefficient (Wildman–Crippen LogP) is 2.97. The average Bonchev–Trinajstić information content (AvgIpc) is 0.722. The maximum absolute atomic E-state index is 5.63. The Kier molecular flexibility index (Phi) is 4.42. The zero-order chi connectivity index (χ0) is 4.50. The summed E-state index contributed by atoms with van der Waals surface area (Å²) in [6.45, 7) is 0. The van der Waals surface area contributed by atoms with Crippen LogP contribution in [0.2, 0.25) is 0 Å². The predicted molar refractivity (Wildman–Crippen MR) is 53.7 cm³/mol. The zero-order valence-corrected chi connectivity index (χ0v) is 10.2. The fraction of sp³-hybridized carbons (Fsp3) is 0. The van der Waals surface area contributed by atoms with E-state index in [9.17, 15) is 0 Å². The van der Waals surface area contributed by atoms with E-state index in [-0.39, 0.29) is 0 Å². The van der Waals surface area contributed by atoms with Gasteiger partial charge in [0.05, 0.1) is 0 Å². The van der Waals surface area contributed by atoms with Crippen LogP contribution in [0.3, 0.4) is 0 Å². The Labute approximate surface area is 74.8 Å². The lowest BCUT2D eigenvalue weighted by Gasteiger charge is -1.88. The van der Waals surface area contributed by atoms with Crippen molar-refractivity contribution in [2.75, 3.05) is 0 Å². The molecule has 0 atom stereocenters. The van der Waals surface area contributed by atoms with Gasteiger partial charge >= 0.3 is -0.126 Å². The summed E-state index contributed by atoms with van der Waals surface area (Å²) in [7, 11) is 0. The van der Waals surface area contributed by atoms with Crippen LogP contribution in [0.25, 0.3) is 0 Å². The van der Waals surface area contributed by atoms with E-state index in [1.165, 1.54) is 0 Å². The van der Waals surface area contributed by atoms with Crippen LogP contribution in [0.15, 0.2) is 0 Å². The quantitative estimate of drug-likeness (QED) is 0.306. The minimum atomic E-state index is -1.23. The van der Waals surface area contributed by atoms with Crippen LogP contribution >= 0.6 is 76.5 Å². The standard InChI is InChI=1S/ClI3Si/c1-5(2,3)4. The molecule has 0 aromatic carbocycles. The average molecular weight is 444 g/mol. The number of hydrogen-bond donors (Lipinski definition) is 0. The van der Waals surface area contributed by atoms with Gasteiger partial charge in [0.15, 0.2) is 0 Å². The SMILES string of the molecule is Cl[Si](I)(I)I. The molecule has 5 heavy (non-hydrogen) atoms. The summed E-state index contributed by atoms with van der Waals surface area (Å²) in [5.74, 6) is 0. The van der Waals surface area contributed by atoms with Gasteiger partial charge in [-0.05, 0) is 0 Å². The van der Waals surface area contributed by atoms with Gasteiger partial charge in [-0.25, -0.2) is 0 Å². The number of rotatable bonds is 0. The van der Waals surface area contributed by atoms with Crippen LogP contribution in [0, 0.1) is 0 Å². The van der Waals surface area contributed by atoms with Crippen molar-refractivity contribution in [3.8, 4) is 0 Å². The van der Waals surface area contributed by atoms with Gasteiger partial charge < -0.3 is 0 Å². The molecule has 0 saturated carbocycles. The molecule has 0 fully saturated rings. The van der Waals surface area contributed by atoms with E-state index in [1.54, 1.807) is 0 Å². The molecule has 0 saturated heterocycles. The zero-order valence-electron chi connectivity index (χ0n) is 2.01. The van der Waals surface area contributed by atoms with Gasteiger partial charge in [0.2, 0.25) is 0 Å². The Bertz CT molecular complexity index is 22.4. The fourth-order valence-electron chi connectivity index (χ4n) is 0. The van der Waals surface area contributed by atoms with E-state index in [0.717, 1.165) is 0 Å². The summed E-state index contributed by atoms with van der Waals surface area (Å²) >= 11 is 12.4. The molecular weight excluding hydrogens is 444 g/mol. The smallest absolute Gasteiger partial charge is 0.126 e. The molecule has 0 aliphatic rings. The maximum Gasteiger partial charge on any atom is 0.346 e. The highest BCUT2D eigenvalue weighted by atomic mass is 127. The lowest BCUT2D eigenvalue weighted by molar-refractivity contribution is 4.62. The lowest BCUT2D eigenvalue weighted by Crippen LogP contribution is -1.86. The van der Waals surface area contributed by atoms with Crippen molar-refractivity contribution in [3.63, 3.8) is 0 Å². The summed E-state index contributed by atoms with van der Waals surface area (Å²) in [5, 5.41) is 0. The second-order valence-corrected chi connectivity index (χ2v) is 41.9. The molecule has 0 spiro atoms. The molecule has 0 heterocycles. The van der Waals surface area contributed by atoms with Crippen molar-refractivity contribution in [2.45, 2.75) is 0 Å².